The van der Waals surface area contributed by atoms with E-state index in [0.29, 0.717) is 0 Å². The Kier molecular flexibility index (Phi) is 3.25. The van der Waals surface area contributed by atoms with E-state index < -0.39 is 0 Å². The Morgan fingerprint density at radius 3 is 2.25 bits per heavy atom. The first kappa shape index (κ1) is 11.1. The highest BCUT2D eigenvalue weighted by Crippen LogP contribution is 2.21. The van der Waals surface area contributed by atoms with Gasteiger partial charge in [0.15, 0.2) is 0 Å². The summed E-state index contributed by atoms with van der Waals surface area (Å²) in [5.74, 6) is 0. The van der Waals surface area contributed by atoms with Crippen LogP contribution in [0.25, 0.3) is 0 Å². The highest BCUT2D eigenvalue weighted by atomic mass is 79.9. The molecule has 0 radical (unpaired) electrons. The standard InChI is InChI=1S/C13H13BrN2/c1-9-3-10(2)5-12(4-9)16-13-6-11(14)7-15-8-13/h3-8,16H,1-2H3. The number of rotatable bonds is 2. The maximum absolute atomic E-state index is 4.12. The van der Waals surface area contributed by atoms with E-state index in [1.165, 1.54) is 11.1 Å². The molecule has 0 saturated heterocycles. The third kappa shape index (κ3) is 2.83. The molecule has 2 nitrogen and oxygen atoms in total. The zero-order chi connectivity index (χ0) is 11.5. The molecular formula is C13H13BrN2. The lowest BCUT2D eigenvalue weighted by atomic mass is 10.1. The molecular weight excluding hydrogens is 264 g/mol. The normalized spacial score (nSPS) is 10.2. The van der Waals surface area contributed by atoms with Gasteiger partial charge < -0.3 is 5.32 Å². The molecule has 82 valence electrons. The van der Waals surface area contributed by atoms with Crippen LogP contribution in [0.2, 0.25) is 0 Å². The molecule has 0 atom stereocenters. The largest absolute Gasteiger partial charge is 0.354 e. The molecule has 1 N–H and O–H groups in total. The fourth-order valence-corrected chi connectivity index (χ4v) is 2.06. The first-order chi connectivity index (χ1) is 7.63. The Morgan fingerprint density at radius 2 is 1.62 bits per heavy atom. The molecule has 0 aliphatic carbocycles. The van der Waals surface area contributed by atoms with Gasteiger partial charge in [-0.05, 0) is 59.1 Å². The van der Waals surface area contributed by atoms with Crippen LogP contribution >= 0.6 is 15.9 Å². The van der Waals surface area contributed by atoms with Gasteiger partial charge in [0.25, 0.3) is 0 Å². The van der Waals surface area contributed by atoms with Crippen LogP contribution in [0.1, 0.15) is 11.1 Å². The van der Waals surface area contributed by atoms with E-state index in [1.54, 1.807) is 6.20 Å². The Hall–Kier alpha value is -1.35. The van der Waals surface area contributed by atoms with Crippen LogP contribution in [0.15, 0.2) is 41.1 Å². The monoisotopic (exact) mass is 276 g/mol. The molecule has 3 heteroatoms. The first-order valence-electron chi connectivity index (χ1n) is 5.09. The molecule has 0 amide bonds. The molecule has 0 aliphatic rings. The van der Waals surface area contributed by atoms with Crippen LogP contribution in [0.4, 0.5) is 11.4 Å². The van der Waals surface area contributed by atoms with Crippen molar-refractivity contribution in [3.05, 3.63) is 52.3 Å². The van der Waals surface area contributed by atoms with Crippen molar-refractivity contribution in [2.75, 3.05) is 5.32 Å². The molecule has 0 bridgehead atoms. The summed E-state index contributed by atoms with van der Waals surface area (Å²) in [7, 11) is 0. The molecule has 0 unspecified atom stereocenters. The Bertz CT molecular complexity index is 489. The highest BCUT2D eigenvalue weighted by Gasteiger charge is 1.98. The van der Waals surface area contributed by atoms with E-state index in [4.69, 9.17) is 0 Å². The lowest BCUT2D eigenvalue weighted by molar-refractivity contribution is 1.30. The van der Waals surface area contributed by atoms with E-state index in [0.717, 1.165) is 15.8 Å². The van der Waals surface area contributed by atoms with Crippen molar-refractivity contribution < 1.29 is 0 Å². The second-order valence-corrected chi connectivity index (χ2v) is 4.81. The number of hydrogen-bond donors (Lipinski definition) is 1. The van der Waals surface area contributed by atoms with E-state index in [2.05, 4.69) is 58.3 Å². The van der Waals surface area contributed by atoms with E-state index in [9.17, 15) is 0 Å². The summed E-state index contributed by atoms with van der Waals surface area (Å²) in [6, 6.07) is 8.40. The number of halogens is 1. The predicted molar refractivity (Wildman–Crippen MR) is 71.1 cm³/mol. The second kappa shape index (κ2) is 4.66. The maximum atomic E-state index is 4.12. The molecule has 0 spiro atoms. The van der Waals surface area contributed by atoms with Crippen molar-refractivity contribution in [1.82, 2.24) is 4.98 Å². The van der Waals surface area contributed by atoms with Gasteiger partial charge in [-0.3, -0.25) is 4.98 Å². The fraction of sp³-hybridized carbons (Fsp3) is 0.154. The second-order valence-electron chi connectivity index (χ2n) is 3.89. The number of nitrogens with one attached hydrogen (secondary N) is 1. The zero-order valence-electron chi connectivity index (χ0n) is 9.29. The van der Waals surface area contributed by atoms with Crippen LogP contribution in [-0.2, 0) is 0 Å². The zero-order valence-corrected chi connectivity index (χ0v) is 10.9. The summed E-state index contributed by atoms with van der Waals surface area (Å²) in [5.41, 5.74) is 4.59. The number of hydrogen-bond acceptors (Lipinski definition) is 2. The third-order valence-electron chi connectivity index (χ3n) is 2.22. The molecule has 2 aromatic rings. The number of nitrogens with zero attached hydrogens (tertiary/aromatic N) is 1. The fourth-order valence-electron chi connectivity index (χ4n) is 1.69. The number of aromatic nitrogens is 1. The minimum absolute atomic E-state index is 0.974. The Balaban J connectivity index is 2.27. The average Bonchev–Trinajstić information content (AvgIpc) is 2.15. The minimum atomic E-state index is 0.974. The van der Waals surface area contributed by atoms with Gasteiger partial charge in [-0.2, -0.15) is 0 Å². The summed E-state index contributed by atoms with van der Waals surface area (Å²) < 4.78 is 0.974. The van der Waals surface area contributed by atoms with Gasteiger partial charge in [-0.1, -0.05) is 6.07 Å². The number of anilines is 2. The van der Waals surface area contributed by atoms with E-state index in [1.807, 2.05) is 12.3 Å². The van der Waals surface area contributed by atoms with Crippen LogP contribution < -0.4 is 5.32 Å². The van der Waals surface area contributed by atoms with Crippen molar-refractivity contribution in [1.29, 1.82) is 0 Å². The summed E-state index contributed by atoms with van der Waals surface area (Å²) in [5, 5.41) is 3.33. The minimum Gasteiger partial charge on any atom is -0.354 e. The van der Waals surface area contributed by atoms with Crippen molar-refractivity contribution in [3.63, 3.8) is 0 Å². The van der Waals surface area contributed by atoms with Crippen molar-refractivity contribution in [2.45, 2.75) is 13.8 Å². The Labute approximate surface area is 104 Å². The summed E-state index contributed by atoms with van der Waals surface area (Å²) >= 11 is 3.40. The summed E-state index contributed by atoms with van der Waals surface area (Å²) in [6.07, 6.45) is 3.58. The molecule has 1 heterocycles. The number of benzene rings is 1. The van der Waals surface area contributed by atoms with Crippen molar-refractivity contribution in [2.24, 2.45) is 0 Å². The predicted octanol–water partition coefficient (Wildman–Crippen LogP) is 4.20. The van der Waals surface area contributed by atoms with Crippen LogP contribution in [0, 0.1) is 13.8 Å². The van der Waals surface area contributed by atoms with Gasteiger partial charge in [0.05, 0.1) is 11.9 Å². The molecule has 2 rings (SSSR count). The van der Waals surface area contributed by atoms with Crippen molar-refractivity contribution >= 4 is 27.3 Å². The van der Waals surface area contributed by atoms with Crippen molar-refractivity contribution in [3.8, 4) is 0 Å². The van der Waals surface area contributed by atoms with Gasteiger partial charge in [-0.15, -0.1) is 0 Å². The SMILES string of the molecule is Cc1cc(C)cc(Nc2cncc(Br)c2)c1. The van der Waals surface area contributed by atoms with Crippen LogP contribution in [-0.4, -0.2) is 4.98 Å². The van der Waals surface area contributed by atoms with E-state index in [-0.39, 0.29) is 0 Å². The quantitative estimate of drug-likeness (QED) is 0.889. The maximum Gasteiger partial charge on any atom is 0.0582 e. The van der Waals surface area contributed by atoms with Gasteiger partial charge >= 0.3 is 0 Å². The number of aryl methyl sites for hydroxylation is 2. The first-order valence-corrected chi connectivity index (χ1v) is 5.89. The average molecular weight is 277 g/mol. The smallest absolute Gasteiger partial charge is 0.0582 e. The lowest BCUT2D eigenvalue weighted by Crippen LogP contribution is -1.92. The summed E-state index contributed by atoms with van der Waals surface area (Å²) in [4.78, 5) is 4.12. The third-order valence-corrected chi connectivity index (χ3v) is 2.65. The molecule has 1 aromatic carbocycles. The topological polar surface area (TPSA) is 24.9 Å². The molecule has 0 fully saturated rings. The van der Waals surface area contributed by atoms with Crippen LogP contribution in [0.3, 0.4) is 0 Å². The molecule has 0 saturated carbocycles. The Morgan fingerprint density at radius 1 is 0.938 bits per heavy atom. The highest BCUT2D eigenvalue weighted by molar-refractivity contribution is 9.10. The number of pyridine rings is 1. The van der Waals surface area contributed by atoms with Gasteiger partial charge in [0.2, 0.25) is 0 Å². The van der Waals surface area contributed by atoms with Gasteiger partial charge in [0, 0.05) is 16.4 Å². The van der Waals surface area contributed by atoms with Crippen LogP contribution in [0.5, 0.6) is 0 Å². The van der Waals surface area contributed by atoms with E-state index >= 15 is 0 Å². The molecule has 0 aliphatic heterocycles. The molecule has 1 aromatic heterocycles. The molecule has 16 heavy (non-hydrogen) atoms. The van der Waals surface area contributed by atoms with Gasteiger partial charge in [0.1, 0.15) is 0 Å². The van der Waals surface area contributed by atoms with Gasteiger partial charge in [-0.25, -0.2) is 0 Å². The lowest BCUT2D eigenvalue weighted by Gasteiger charge is -2.08. The summed E-state index contributed by atoms with van der Waals surface area (Å²) in [6.45, 7) is 4.19.